The summed E-state index contributed by atoms with van der Waals surface area (Å²) in [6.07, 6.45) is -0.178. The monoisotopic (exact) mass is 449 g/mol. The number of pyridine rings is 1. The first-order chi connectivity index (χ1) is 14.8. The molecule has 162 valence electrons. The fourth-order valence-corrected chi connectivity index (χ4v) is 3.71. The number of anilines is 2. The van der Waals surface area contributed by atoms with Crippen molar-refractivity contribution in [1.82, 2.24) is 14.8 Å². The third-order valence-corrected chi connectivity index (χ3v) is 5.48. The minimum absolute atomic E-state index is 0.0502. The van der Waals surface area contributed by atoms with Crippen molar-refractivity contribution in [3.8, 4) is 5.82 Å². The second-order valence-electron chi connectivity index (χ2n) is 7.17. The van der Waals surface area contributed by atoms with E-state index < -0.39 is 17.3 Å². The molecule has 1 aliphatic rings. The highest BCUT2D eigenvalue weighted by Crippen LogP contribution is 2.29. The van der Waals surface area contributed by atoms with E-state index in [2.05, 4.69) is 26.4 Å². The van der Waals surface area contributed by atoms with Crippen LogP contribution >= 0.6 is 11.6 Å². The Bertz CT molecular complexity index is 1130. The van der Waals surface area contributed by atoms with Gasteiger partial charge in [-0.3, -0.25) is 4.79 Å². The van der Waals surface area contributed by atoms with Gasteiger partial charge in [0.05, 0.1) is 17.4 Å². The van der Waals surface area contributed by atoms with Crippen molar-refractivity contribution >= 4 is 23.0 Å². The minimum atomic E-state index is -4.51. The molecule has 2 aromatic heterocycles. The van der Waals surface area contributed by atoms with Crippen molar-refractivity contribution in [1.29, 1.82) is 0 Å². The van der Waals surface area contributed by atoms with Gasteiger partial charge in [0.2, 0.25) is 0 Å². The Morgan fingerprint density at radius 2 is 1.81 bits per heavy atom. The van der Waals surface area contributed by atoms with Crippen LogP contribution in [0.2, 0.25) is 5.02 Å². The van der Waals surface area contributed by atoms with E-state index in [9.17, 15) is 18.0 Å². The lowest BCUT2D eigenvalue weighted by molar-refractivity contribution is -0.137. The third kappa shape index (κ3) is 4.51. The zero-order valence-electron chi connectivity index (χ0n) is 16.4. The lowest BCUT2D eigenvalue weighted by Gasteiger charge is -2.21. The second-order valence-corrected chi connectivity index (χ2v) is 7.55. The van der Waals surface area contributed by atoms with Gasteiger partial charge in [0.15, 0.2) is 5.82 Å². The molecule has 6 nitrogen and oxygen atoms in total. The van der Waals surface area contributed by atoms with E-state index in [1.807, 2.05) is 18.2 Å². The third-order valence-electron chi connectivity index (χ3n) is 5.12. The summed E-state index contributed by atoms with van der Waals surface area (Å²) in [5.74, 6) is -0.0502. The molecule has 1 fully saturated rings. The van der Waals surface area contributed by atoms with Gasteiger partial charge in [-0.25, -0.2) is 4.98 Å². The van der Waals surface area contributed by atoms with Crippen LogP contribution in [0.1, 0.15) is 24.0 Å². The average Bonchev–Trinajstić information content (AvgIpc) is 3.29. The van der Waals surface area contributed by atoms with Crippen LogP contribution < -0.4 is 15.8 Å². The molecule has 1 saturated heterocycles. The van der Waals surface area contributed by atoms with Crippen LogP contribution in [-0.2, 0) is 12.7 Å². The fourth-order valence-electron chi connectivity index (χ4n) is 3.52. The lowest BCUT2D eigenvalue weighted by atomic mass is 10.1. The van der Waals surface area contributed by atoms with Gasteiger partial charge < -0.3 is 10.2 Å². The van der Waals surface area contributed by atoms with Crippen molar-refractivity contribution < 1.29 is 13.2 Å². The number of benzene rings is 1. The van der Waals surface area contributed by atoms with E-state index in [1.165, 1.54) is 6.20 Å². The summed E-state index contributed by atoms with van der Waals surface area (Å²) >= 11 is 6.23. The normalized spacial score (nSPS) is 14.1. The van der Waals surface area contributed by atoms with Gasteiger partial charge in [-0.05, 0) is 36.6 Å². The Morgan fingerprint density at radius 3 is 2.48 bits per heavy atom. The Hall–Kier alpha value is -3.07. The summed E-state index contributed by atoms with van der Waals surface area (Å²) in [5.41, 5.74) is 0.955. The molecule has 0 saturated carbocycles. The van der Waals surface area contributed by atoms with Crippen LogP contribution in [0.5, 0.6) is 0 Å². The molecule has 1 aromatic carbocycles. The Labute approximate surface area is 181 Å². The summed E-state index contributed by atoms with van der Waals surface area (Å²) < 4.78 is 39.0. The van der Waals surface area contributed by atoms with Crippen molar-refractivity contribution in [2.24, 2.45) is 0 Å². The molecule has 3 heterocycles. The number of rotatable bonds is 5. The van der Waals surface area contributed by atoms with Gasteiger partial charge in [-0.1, -0.05) is 29.8 Å². The molecule has 1 aliphatic heterocycles. The highest BCUT2D eigenvalue weighted by molar-refractivity contribution is 6.32. The molecule has 0 bridgehead atoms. The first kappa shape index (κ1) is 21.2. The van der Waals surface area contributed by atoms with E-state index in [0.717, 1.165) is 54.0 Å². The maximum absolute atomic E-state index is 12.7. The zero-order chi connectivity index (χ0) is 22.0. The Kier molecular flexibility index (Phi) is 5.86. The molecule has 31 heavy (non-hydrogen) atoms. The van der Waals surface area contributed by atoms with Crippen LogP contribution in [-0.4, -0.2) is 27.9 Å². The van der Waals surface area contributed by atoms with E-state index in [-0.39, 0.29) is 10.8 Å². The largest absolute Gasteiger partial charge is 0.417 e. The fraction of sp³-hybridized carbons (Fsp3) is 0.286. The van der Waals surface area contributed by atoms with Gasteiger partial charge in [-0.2, -0.15) is 23.0 Å². The van der Waals surface area contributed by atoms with Gasteiger partial charge in [-0.15, -0.1) is 0 Å². The van der Waals surface area contributed by atoms with E-state index in [1.54, 1.807) is 0 Å². The number of nitrogens with zero attached hydrogens (tertiary/aromatic N) is 4. The number of halogens is 4. The van der Waals surface area contributed by atoms with E-state index in [4.69, 9.17) is 11.6 Å². The molecule has 0 amide bonds. The maximum Gasteiger partial charge on any atom is 0.417 e. The van der Waals surface area contributed by atoms with Crippen LogP contribution in [0.15, 0.2) is 53.6 Å². The van der Waals surface area contributed by atoms with Crippen molar-refractivity contribution in [3.05, 3.63) is 75.3 Å². The van der Waals surface area contributed by atoms with E-state index in [0.29, 0.717) is 18.4 Å². The lowest BCUT2D eigenvalue weighted by Crippen LogP contribution is -2.24. The SMILES string of the molecule is O=c1c(Cl)c(NCc2ccccc2N2CCCC2)cnn1-c1ccc(C(F)(F)F)cn1. The molecule has 0 aliphatic carbocycles. The molecular formula is C21H19ClF3N5O. The van der Waals surface area contributed by atoms with Crippen LogP contribution in [0.3, 0.4) is 0 Å². The molecule has 1 N–H and O–H groups in total. The summed E-state index contributed by atoms with van der Waals surface area (Å²) in [6, 6.07) is 9.93. The quantitative estimate of drug-likeness (QED) is 0.621. The standard InChI is InChI=1S/C21H19ClF3N5O/c22-19-16(26-11-14-5-1-2-6-17(14)29-9-3-4-10-29)13-28-30(20(19)31)18-8-7-15(12-27-18)21(23,24)25/h1-2,5-8,12-13,26H,3-4,9-11H2. The smallest absolute Gasteiger partial charge is 0.378 e. The highest BCUT2D eigenvalue weighted by atomic mass is 35.5. The Balaban J connectivity index is 1.54. The summed E-state index contributed by atoms with van der Waals surface area (Å²) in [7, 11) is 0. The van der Waals surface area contributed by atoms with Crippen molar-refractivity contribution in [2.45, 2.75) is 25.6 Å². The zero-order valence-corrected chi connectivity index (χ0v) is 17.1. The Morgan fingerprint density at radius 1 is 1.06 bits per heavy atom. The van der Waals surface area contributed by atoms with Gasteiger partial charge >= 0.3 is 6.18 Å². The molecule has 4 rings (SSSR count). The number of hydrogen-bond donors (Lipinski definition) is 1. The van der Waals surface area contributed by atoms with E-state index >= 15 is 0 Å². The van der Waals surface area contributed by atoms with Gasteiger partial charge in [0.1, 0.15) is 5.02 Å². The molecule has 3 aromatic rings. The van der Waals surface area contributed by atoms with Crippen molar-refractivity contribution in [3.63, 3.8) is 0 Å². The summed E-state index contributed by atoms with van der Waals surface area (Å²) in [5, 5.41) is 7.04. The molecular weight excluding hydrogens is 431 g/mol. The number of aromatic nitrogens is 3. The topological polar surface area (TPSA) is 63.1 Å². The molecule has 0 radical (unpaired) electrons. The minimum Gasteiger partial charge on any atom is -0.378 e. The summed E-state index contributed by atoms with van der Waals surface area (Å²) in [4.78, 5) is 18.6. The first-order valence-electron chi connectivity index (χ1n) is 9.73. The predicted molar refractivity (Wildman–Crippen MR) is 113 cm³/mol. The number of nitrogens with one attached hydrogen (secondary N) is 1. The van der Waals surface area contributed by atoms with Gasteiger partial charge in [0.25, 0.3) is 5.56 Å². The number of para-hydroxylation sites is 1. The molecule has 0 spiro atoms. The highest BCUT2D eigenvalue weighted by Gasteiger charge is 2.30. The first-order valence-corrected chi connectivity index (χ1v) is 10.1. The predicted octanol–water partition coefficient (Wildman–Crippen LogP) is 4.51. The van der Waals surface area contributed by atoms with Crippen LogP contribution in [0, 0.1) is 0 Å². The second kappa shape index (κ2) is 8.58. The van der Waals surface area contributed by atoms with Crippen LogP contribution in [0.25, 0.3) is 5.82 Å². The van der Waals surface area contributed by atoms with Gasteiger partial charge in [0, 0.05) is 31.5 Å². The molecule has 0 unspecified atom stereocenters. The molecule has 10 heteroatoms. The number of alkyl halides is 3. The average molecular weight is 450 g/mol. The maximum atomic E-state index is 12.7. The number of hydrogen-bond acceptors (Lipinski definition) is 5. The summed E-state index contributed by atoms with van der Waals surface area (Å²) in [6.45, 7) is 2.46. The van der Waals surface area contributed by atoms with Crippen molar-refractivity contribution in [2.75, 3.05) is 23.3 Å². The molecule has 0 atom stereocenters. The van der Waals surface area contributed by atoms with Crippen LogP contribution in [0.4, 0.5) is 24.5 Å².